The predicted molar refractivity (Wildman–Crippen MR) is 110 cm³/mol. The van der Waals surface area contributed by atoms with Crippen molar-refractivity contribution in [2.24, 2.45) is 0 Å². The van der Waals surface area contributed by atoms with Crippen molar-refractivity contribution >= 4 is 40.0 Å². The Balaban J connectivity index is 2.18. The maximum absolute atomic E-state index is 11.3. The molecule has 0 aliphatic rings. The maximum Gasteiger partial charge on any atom is 0.221 e. The Morgan fingerprint density at radius 3 is 1.36 bits per heavy atom. The van der Waals surface area contributed by atoms with Crippen LogP contribution in [0.15, 0.2) is 91.0 Å². The molecular weight excluding hydrogens is 347 g/mol. The molecule has 0 saturated carbocycles. The molecule has 0 N–H and O–H groups in total. The van der Waals surface area contributed by atoms with Crippen molar-refractivity contribution in [2.45, 2.75) is 12.8 Å². The van der Waals surface area contributed by atoms with Crippen LogP contribution in [0.2, 0.25) is 0 Å². The highest BCUT2D eigenvalue weighted by Crippen LogP contribution is 2.55. The monoisotopic (exact) mass is 367 g/mol. The first-order chi connectivity index (χ1) is 12.2. The van der Waals surface area contributed by atoms with Gasteiger partial charge in [-0.3, -0.25) is 4.79 Å². The Kier molecular flexibility index (Phi) is 6.02. The minimum atomic E-state index is -1.82. The van der Waals surface area contributed by atoms with Gasteiger partial charge in [0.15, 0.2) is 0 Å². The second-order valence-corrected chi connectivity index (χ2v) is 10.0. The molecule has 3 heteroatoms. The first kappa shape index (κ1) is 17.9. The third kappa shape index (κ3) is 4.00. The van der Waals surface area contributed by atoms with E-state index in [0.717, 1.165) is 12.6 Å². The van der Waals surface area contributed by atoms with E-state index in [1.54, 1.807) is 0 Å². The number of carbonyl (C=O) groups is 1. The summed E-state index contributed by atoms with van der Waals surface area (Å²) in [4.78, 5) is 11.3. The second kappa shape index (κ2) is 8.43. The van der Waals surface area contributed by atoms with Crippen molar-refractivity contribution in [3.63, 3.8) is 0 Å². The number of hydrogen-bond acceptors (Lipinski definition) is 1. The van der Waals surface area contributed by atoms with Gasteiger partial charge in [-0.15, -0.1) is 0 Å². The summed E-state index contributed by atoms with van der Waals surface area (Å²) in [7, 11) is -1.82. The summed E-state index contributed by atoms with van der Waals surface area (Å²) in [5.74, 6) is 0. The second-order valence-electron chi connectivity index (χ2n) is 6.00. The summed E-state index contributed by atoms with van der Waals surface area (Å²) in [5, 5.41) is 3.77. The number of rotatable bonds is 7. The summed E-state index contributed by atoms with van der Waals surface area (Å²) in [6.45, 7) is 0. The van der Waals surface area contributed by atoms with Gasteiger partial charge in [-0.1, -0.05) is 54.6 Å². The van der Waals surface area contributed by atoms with Gasteiger partial charge < -0.3 is 0 Å². The SMILES string of the molecule is O=C(Cl)CCC[P+](c1ccccc1)(c1ccccc1)c1ccccc1. The molecule has 3 aromatic rings. The van der Waals surface area contributed by atoms with Gasteiger partial charge in [-0.25, -0.2) is 0 Å². The van der Waals surface area contributed by atoms with Crippen LogP contribution in [0.3, 0.4) is 0 Å². The molecule has 0 atom stereocenters. The molecule has 0 heterocycles. The maximum atomic E-state index is 11.3. The van der Waals surface area contributed by atoms with E-state index in [0.29, 0.717) is 6.42 Å². The van der Waals surface area contributed by atoms with E-state index in [9.17, 15) is 4.79 Å². The lowest BCUT2D eigenvalue weighted by atomic mass is 10.3. The van der Waals surface area contributed by atoms with Gasteiger partial charge in [0.25, 0.3) is 0 Å². The topological polar surface area (TPSA) is 17.1 Å². The quantitative estimate of drug-likeness (QED) is 0.443. The van der Waals surface area contributed by atoms with Crippen molar-refractivity contribution < 1.29 is 4.79 Å². The molecule has 25 heavy (non-hydrogen) atoms. The van der Waals surface area contributed by atoms with Gasteiger partial charge in [0, 0.05) is 6.42 Å². The summed E-state index contributed by atoms with van der Waals surface area (Å²) < 4.78 is 0. The fourth-order valence-electron chi connectivity index (χ4n) is 3.34. The fraction of sp³-hybridized carbons (Fsp3) is 0.136. The summed E-state index contributed by atoms with van der Waals surface area (Å²) in [6.07, 6.45) is 2.13. The lowest BCUT2D eigenvalue weighted by Crippen LogP contribution is -2.33. The zero-order chi connectivity index (χ0) is 17.5. The Bertz CT molecular complexity index is 707. The molecule has 0 radical (unpaired) electrons. The van der Waals surface area contributed by atoms with Crippen molar-refractivity contribution in [3.05, 3.63) is 91.0 Å². The third-order valence-electron chi connectivity index (χ3n) is 4.46. The van der Waals surface area contributed by atoms with E-state index in [4.69, 9.17) is 11.6 Å². The van der Waals surface area contributed by atoms with Crippen LogP contribution in [0, 0.1) is 0 Å². The number of benzene rings is 3. The van der Waals surface area contributed by atoms with Crippen molar-refractivity contribution in [3.8, 4) is 0 Å². The first-order valence-electron chi connectivity index (χ1n) is 8.47. The van der Waals surface area contributed by atoms with Crippen molar-refractivity contribution in [1.29, 1.82) is 0 Å². The Morgan fingerprint density at radius 1 is 0.680 bits per heavy atom. The van der Waals surface area contributed by atoms with E-state index < -0.39 is 7.26 Å². The highest BCUT2D eigenvalue weighted by molar-refractivity contribution is 7.95. The van der Waals surface area contributed by atoms with Gasteiger partial charge in [0.2, 0.25) is 5.24 Å². The molecule has 3 aromatic carbocycles. The van der Waals surface area contributed by atoms with E-state index in [-0.39, 0.29) is 5.24 Å². The summed E-state index contributed by atoms with van der Waals surface area (Å²) in [6, 6.07) is 32.1. The average molecular weight is 368 g/mol. The zero-order valence-electron chi connectivity index (χ0n) is 14.0. The number of carbonyl (C=O) groups excluding carboxylic acids is 1. The van der Waals surface area contributed by atoms with Crippen LogP contribution in [0.5, 0.6) is 0 Å². The Hall–Kier alpha value is -1.95. The molecular formula is C22H21ClOP+. The molecule has 0 aliphatic carbocycles. The van der Waals surface area contributed by atoms with Gasteiger partial charge >= 0.3 is 0 Å². The summed E-state index contributed by atoms with van der Waals surface area (Å²) in [5.41, 5.74) is 0. The molecule has 0 amide bonds. The largest absolute Gasteiger partial charge is 0.281 e. The standard InChI is InChI=1S/C22H21ClOP/c23-22(24)17-10-18-25(19-11-4-1-5-12-19,20-13-6-2-7-14-20)21-15-8-3-9-16-21/h1-9,11-16H,10,17-18H2/q+1. The third-order valence-corrected chi connectivity index (χ3v) is 9.17. The minimum Gasteiger partial charge on any atom is -0.281 e. The molecule has 0 unspecified atom stereocenters. The zero-order valence-corrected chi connectivity index (χ0v) is 15.7. The lowest BCUT2D eigenvalue weighted by Gasteiger charge is -2.27. The molecule has 0 aliphatic heterocycles. The van der Waals surface area contributed by atoms with Crippen LogP contribution >= 0.6 is 18.9 Å². The molecule has 0 fully saturated rings. The number of hydrogen-bond donors (Lipinski definition) is 0. The van der Waals surface area contributed by atoms with Crippen LogP contribution in [0.25, 0.3) is 0 Å². The lowest BCUT2D eigenvalue weighted by molar-refractivity contribution is -0.111. The van der Waals surface area contributed by atoms with E-state index in [1.165, 1.54) is 15.9 Å². The first-order valence-corrected chi connectivity index (χ1v) is 10.8. The molecule has 0 aromatic heterocycles. The van der Waals surface area contributed by atoms with Gasteiger partial charge in [0.05, 0.1) is 6.16 Å². The van der Waals surface area contributed by atoms with Crippen molar-refractivity contribution in [2.75, 3.05) is 6.16 Å². The van der Waals surface area contributed by atoms with Crippen LogP contribution in [0.1, 0.15) is 12.8 Å². The van der Waals surface area contributed by atoms with Crippen molar-refractivity contribution in [1.82, 2.24) is 0 Å². The highest BCUT2D eigenvalue weighted by atomic mass is 35.5. The highest BCUT2D eigenvalue weighted by Gasteiger charge is 2.44. The summed E-state index contributed by atoms with van der Waals surface area (Å²) >= 11 is 5.62. The average Bonchev–Trinajstić information content (AvgIpc) is 2.67. The Labute approximate surface area is 155 Å². The van der Waals surface area contributed by atoms with Crippen LogP contribution in [-0.4, -0.2) is 11.4 Å². The van der Waals surface area contributed by atoms with E-state index in [1.807, 2.05) is 0 Å². The van der Waals surface area contributed by atoms with Crippen LogP contribution in [0.4, 0.5) is 0 Å². The Morgan fingerprint density at radius 2 is 1.04 bits per heavy atom. The molecule has 3 rings (SSSR count). The normalized spacial score (nSPS) is 11.2. The van der Waals surface area contributed by atoms with E-state index >= 15 is 0 Å². The van der Waals surface area contributed by atoms with Gasteiger partial charge in [-0.05, 0) is 54.4 Å². The minimum absolute atomic E-state index is 0.257. The predicted octanol–water partition coefficient (Wildman–Crippen LogP) is 4.53. The van der Waals surface area contributed by atoms with Gasteiger partial charge in [-0.2, -0.15) is 0 Å². The molecule has 0 spiro atoms. The van der Waals surface area contributed by atoms with Gasteiger partial charge in [0.1, 0.15) is 23.2 Å². The number of halogens is 1. The molecule has 126 valence electrons. The molecule has 0 bridgehead atoms. The molecule has 0 saturated heterocycles. The fourth-order valence-corrected chi connectivity index (χ4v) is 7.82. The van der Waals surface area contributed by atoms with Crippen LogP contribution in [-0.2, 0) is 4.79 Å². The molecule has 1 nitrogen and oxygen atoms in total. The van der Waals surface area contributed by atoms with E-state index in [2.05, 4.69) is 91.0 Å². The smallest absolute Gasteiger partial charge is 0.221 e. The van der Waals surface area contributed by atoms with Crippen LogP contribution < -0.4 is 15.9 Å².